The van der Waals surface area contributed by atoms with Crippen molar-refractivity contribution < 1.29 is 37.7 Å². The van der Waals surface area contributed by atoms with Gasteiger partial charge >= 0.3 is 12.1 Å². The number of hydrogen-bond acceptors (Lipinski definition) is 6. The van der Waals surface area contributed by atoms with Gasteiger partial charge in [-0.2, -0.15) is 0 Å². The molecule has 0 bridgehead atoms. The van der Waals surface area contributed by atoms with E-state index in [0.29, 0.717) is 31.4 Å². The van der Waals surface area contributed by atoms with Crippen molar-refractivity contribution in [3.63, 3.8) is 0 Å². The number of carboxylic acids is 1. The van der Waals surface area contributed by atoms with Crippen LogP contribution in [0.2, 0.25) is 0 Å². The lowest BCUT2D eigenvalue weighted by molar-refractivity contribution is -0.149. The van der Waals surface area contributed by atoms with Crippen LogP contribution >= 0.6 is 11.8 Å². The Kier molecular flexibility index (Phi) is 12.7. The number of aliphatic carboxylic acids is 1. The summed E-state index contributed by atoms with van der Waals surface area (Å²) in [7, 11) is 0. The molecule has 10 heteroatoms. The van der Waals surface area contributed by atoms with Gasteiger partial charge in [-0.3, -0.25) is 0 Å². The van der Waals surface area contributed by atoms with E-state index < -0.39 is 29.8 Å². The molecule has 214 valence electrons. The van der Waals surface area contributed by atoms with Crippen LogP contribution < -0.4 is 9.47 Å². The lowest BCUT2D eigenvalue weighted by Crippen LogP contribution is -2.37. The summed E-state index contributed by atoms with van der Waals surface area (Å²) in [4.78, 5) is 26.8. The van der Waals surface area contributed by atoms with Gasteiger partial charge in [0.1, 0.15) is 18.2 Å². The molecule has 40 heavy (non-hydrogen) atoms. The molecule has 0 radical (unpaired) electrons. The summed E-state index contributed by atoms with van der Waals surface area (Å²) in [5.41, 5.74) is 0.785. The molecule has 0 saturated heterocycles. The van der Waals surface area contributed by atoms with Gasteiger partial charge in [0.2, 0.25) is 0 Å². The fourth-order valence-electron chi connectivity index (χ4n) is 3.75. The van der Waals surface area contributed by atoms with Crippen molar-refractivity contribution in [2.75, 3.05) is 32.1 Å². The van der Waals surface area contributed by atoms with Crippen LogP contribution in [0.4, 0.5) is 13.6 Å². The number of hydrogen-bond donors (Lipinski definition) is 1. The van der Waals surface area contributed by atoms with Crippen molar-refractivity contribution in [3.05, 3.63) is 90.0 Å². The highest BCUT2D eigenvalue weighted by molar-refractivity contribution is 7.99. The average molecular weight is 574 g/mol. The second-order valence-electron chi connectivity index (χ2n) is 8.78. The predicted molar refractivity (Wildman–Crippen MR) is 149 cm³/mol. The Hall–Kier alpha value is -3.63. The first-order valence-corrected chi connectivity index (χ1v) is 14.0. The lowest BCUT2D eigenvalue weighted by Gasteiger charge is -2.22. The molecule has 0 aliphatic carbocycles. The number of halogens is 2. The van der Waals surface area contributed by atoms with Crippen LogP contribution in [0.3, 0.4) is 0 Å². The van der Waals surface area contributed by atoms with Crippen LogP contribution in [0.1, 0.15) is 25.3 Å². The van der Waals surface area contributed by atoms with Crippen LogP contribution in [0, 0.1) is 11.6 Å². The van der Waals surface area contributed by atoms with Gasteiger partial charge in [0, 0.05) is 30.5 Å². The number of carboxylic acid groups (broad SMARTS) is 1. The molecule has 0 saturated carbocycles. The van der Waals surface area contributed by atoms with Crippen molar-refractivity contribution in [2.24, 2.45) is 0 Å². The van der Waals surface area contributed by atoms with Crippen molar-refractivity contribution in [3.8, 4) is 11.5 Å². The monoisotopic (exact) mass is 573 g/mol. The maximum Gasteiger partial charge on any atom is 0.415 e. The first kappa shape index (κ1) is 30.9. The fraction of sp³-hybridized carbons (Fsp3) is 0.333. The molecule has 0 fully saturated rings. The molecule has 0 aromatic heterocycles. The Morgan fingerprint density at radius 2 is 1.73 bits per heavy atom. The third kappa shape index (κ3) is 10.5. The summed E-state index contributed by atoms with van der Waals surface area (Å²) in [6.45, 7) is 2.74. The first-order chi connectivity index (χ1) is 19.4. The molecule has 0 aliphatic heterocycles. The Balaban J connectivity index is 1.53. The Morgan fingerprint density at radius 3 is 2.40 bits per heavy atom. The highest BCUT2D eigenvalue weighted by atomic mass is 32.2. The molecule has 0 spiro atoms. The second kappa shape index (κ2) is 16.5. The normalized spacial score (nSPS) is 11.6. The largest absolute Gasteiger partial charge is 0.492 e. The Morgan fingerprint density at radius 1 is 0.975 bits per heavy atom. The molecular weight excluding hydrogens is 540 g/mol. The molecule has 0 aliphatic rings. The van der Waals surface area contributed by atoms with E-state index in [0.717, 1.165) is 29.9 Å². The lowest BCUT2D eigenvalue weighted by atomic mass is 10.1. The third-order valence-electron chi connectivity index (χ3n) is 5.80. The number of amides is 1. The summed E-state index contributed by atoms with van der Waals surface area (Å²) in [6, 6.07) is 19.7. The zero-order chi connectivity index (χ0) is 28.7. The van der Waals surface area contributed by atoms with Gasteiger partial charge in [0.25, 0.3) is 0 Å². The molecule has 1 amide bonds. The predicted octanol–water partition coefficient (Wildman–Crippen LogP) is 6.45. The van der Waals surface area contributed by atoms with E-state index in [1.165, 1.54) is 9.80 Å². The number of benzene rings is 3. The zero-order valence-corrected chi connectivity index (χ0v) is 23.1. The molecule has 1 unspecified atom stereocenters. The summed E-state index contributed by atoms with van der Waals surface area (Å²) in [5.74, 6) is -1.68. The van der Waals surface area contributed by atoms with Gasteiger partial charge in [-0.05, 0) is 67.5 Å². The quantitative estimate of drug-likeness (QED) is 0.156. The minimum atomic E-state index is -1.02. The minimum Gasteiger partial charge on any atom is -0.492 e. The van der Waals surface area contributed by atoms with E-state index in [4.69, 9.17) is 14.2 Å². The van der Waals surface area contributed by atoms with Gasteiger partial charge in [-0.25, -0.2) is 18.4 Å². The minimum absolute atomic E-state index is 0.149. The molecular formula is C30H33F2NO6S. The maximum absolute atomic E-state index is 14.1. The SMILES string of the molecule is CCOC(Cc1ccc(OCCN(CCCCSc2ccccc2)C(=O)Oc2ccc(F)cc2F)cc1)C(=O)O. The van der Waals surface area contributed by atoms with Gasteiger partial charge in [0.05, 0.1) is 6.54 Å². The topological polar surface area (TPSA) is 85.3 Å². The van der Waals surface area contributed by atoms with Gasteiger partial charge in [-0.1, -0.05) is 30.3 Å². The first-order valence-electron chi connectivity index (χ1n) is 13.0. The fourth-order valence-corrected chi connectivity index (χ4v) is 4.68. The van der Waals surface area contributed by atoms with Crippen LogP contribution in [0.25, 0.3) is 0 Å². The average Bonchev–Trinajstić information content (AvgIpc) is 2.94. The highest BCUT2D eigenvalue weighted by Crippen LogP contribution is 2.21. The van der Waals surface area contributed by atoms with Gasteiger partial charge in [-0.15, -0.1) is 11.8 Å². The number of carbonyl (C=O) groups excluding carboxylic acids is 1. The van der Waals surface area contributed by atoms with Gasteiger partial charge in [0.15, 0.2) is 17.7 Å². The molecule has 0 heterocycles. The summed E-state index contributed by atoms with van der Waals surface area (Å²) in [5, 5.41) is 9.27. The van der Waals surface area contributed by atoms with Crippen molar-refractivity contribution in [1.29, 1.82) is 0 Å². The highest BCUT2D eigenvalue weighted by Gasteiger charge is 2.19. The van der Waals surface area contributed by atoms with E-state index in [9.17, 15) is 23.5 Å². The van der Waals surface area contributed by atoms with Gasteiger partial charge < -0.3 is 24.2 Å². The number of ether oxygens (including phenoxy) is 3. The van der Waals surface area contributed by atoms with Crippen molar-refractivity contribution in [2.45, 2.75) is 37.2 Å². The van der Waals surface area contributed by atoms with E-state index in [-0.39, 0.29) is 25.3 Å². The van der Waals surface area contributed by atoms with E-state index >= 15 is 0 Å². The molecule has 3 aromatic carbocycles. The smallest absolute Gasteiger partial charge is 0.415 e. The molecule has 1 N–H and O–H groups in total. The summed E-state index contributed by atoms with van der Waals surface area (Å²) >= 11 is 1.73. The maximum atomic E-state index is 14.1. The van der Waals surface area contributed by atoms with E-state index in [1.807, 2.05) is 30.3 Å². The van der Waals surface area contributed by atoms with Crippen molar-refractivity contribution >= 4 is 23.8 Å². The molecule has 1 atom stereocenters. The summed E-state index contributed by atoms with van der Waals surface area (Å²) < 4.78 is 43.6. The standard InChI is InChI=1S/C30H33F2NO6S/c1-2-37-28(29(34)35)20-22-10-13-24(14-11-22)38-18-17-33(16-6-7-19-40-25-8-4-3-5-9-25)30(36)39-27-15-12-23(31)21-26(27)32/h3-5,8-15,21,28H,2,6-7,16-20H2,1H3,(H,34,35). The Labute approximate surface area is 237 Å². The zero-order valence-electron chi connectivity index (χ0n) is 22.3. The van der Waals surface area contributed by atoms with Crippen LogP contribution in [-0.2, 0) is 16.0 Å². The number of rotatable bonds is 16. The van der Waals surface area contributed by atoms with Crippen molar-refractivity contribution in [1.82, 2.24) is 4.90 Å². The van der Waals surface area contributed by atoms with Crippen LogP contribution in [0.5, 0.6) is 11.5 Å². The number of nitrogens with zero attached hydrogens (tertiary/aromatic N) is 1. The Bertz CT molecular complexity index is 1210. The van der Waals surface area contributed by atoms with Crippen LogP contribution in [-0.4, -0.2) is 60.2 Å². The number of carbonyl (C=O) groups is 2. The number of unbranched alkanes of at least 4 members (excludes halogenated alkanes) is 1. The molecule has 7 nitrogen and oxygen atoms in total. The van der Waals surface area contributed by atoms with Crippen LogP contribution in [0.15, 0.2) is 77.7 Å². The molecule has 3 aromatic rings. The third-order valence-corrected chi connectivity index (χ3v) is 6.90. The van der Waals surface area contributed by atoms with E-state index in [2.05, 4.69) is 0 Å². The van der Waals surface area contributed by atoms with E-state index in [1.54, 1.807) is 43.0 Å². The number of thioether (sulfide) groups is 1. The second-order valence-corrected chi connectivity index (χ2v) is 9.95. The summed E-state index contributed by atoms with van der Waals surface area (Å²) in [6.07, 6.45) is 0.0885. The molecule has 3 rings (SSSR count).